The Balaban J connectivity index is 2.95. The van der Waals surface area contributed by atoms with E-state index in [4.69, 9.17) is 37.1 Å². The van der Waals surface area contributed by atoms with Gasteiger partial charge in [0.2, 0.25) is 23.8 Å². The number of carbonyl (C=O) groups excluding carboxylic acids is 5. The third-order valence-corrected chi connectivity index (χ3v) is 11.4. The topological polar surface area (TPSA) is 390 Å². The number of hydrogen-bond acceptors (Lipinski definition) is 15. The largest absolute Gasteiger partial charge is 0.525 e. The van der Waals surface area contributed by atoms with E-state index in [0.29, 0.717) is 38.6 Å². The van der Waals surface area contributed by atoms with Gasteiger partial charge in [0.25, 0.3) is 5.76 Å². The zero-order valence-corrected chi connectivity index (χ0v) is 40.8. The van der Waals surface area contributed by atoms with Crippen LogP contribution in [0, 0.1) is 0 Å². The second kappa shape index (κ2) is 36.4. The summed E-state index contributed by atoms with van der Waals surface area (Å²) in [4.78, 5) is 100. The number of aliphatic hydroxyl groups is 1. The van der Waals surface area contributed by atoms with E-state index in [2.05, 4.69) is 32.4 Å². The highest BCUT2D eigenvalue weighted by Crippen LogP contribution is 2.42. The molecule has 0 radical (unpaired) electrons. The molecular formula is C44H81N8O15P. The Morgan fingerprint density at radius 2 is 1.22 bits per heavy atom. The van der Waals surface area contributed by atoms with Crippen LogP contribution in [0.25, 0.3) is 0 Å². The van der Waals surface area contributed by atoms with Crippen LogP contribution >= 0.6 is 7.82 Å². The highest BCUT2D eigenvalue weighted by atomic mass is 31.2. The number of nitrogens with zero attached hydrogens (tertiary/aromatic N) is 1. The van der Waals surface area contributed by atoms with Gasteiger partial charge in [0.1, 0.15) is 18.1 Å². The summed E-state index contributed by atoms with van der Waals surface area (Å²) in [6.07, 6.45) is 14.0. The predicted molar refractivity (Wildman–Crippen MR) is 252 cm³/mol. The van der Waals surface area contributed by atoms with Crippen LogP contribution in [0.4, 0.5) is 0 Å². The van der Waals surface area contributed by atoms with Crippen LogP contribution in [-0.2, 0) is 52.1 Å². The fourth-order valence-electron chi connectivity index (χ4n) is 7.23. The van der Waals surface area contributed by atoms with Gasteiger partial charge in [-0.3, -0.25) is 34.0 Å². The van der Waals surface area contributed by atoms with Crippen molar-refractivity contribution in [2.75, 3.05) is 32.8 Å². The minimum Gasteiger partial charge on any atom is -0.505 e. The first-order chi connectivity index (χ1) is 32.4. The lowest BCUT2D eigenvalue weighted by Gasteiger charge is -2.25. The van der Waals surface area contributed by atoms with Crippen LogP contribution in [0.15, 0.2) is 16.5 Å². The van der Waals surface area contributed by atoms with Crippen molar-refractivity contribution in [2.45, 2.75) is 191 Å². The summed E-state index contributed by atoms with van der Waals surface area (Å²) in [6.45, 7) is 2.73. The number of carboxylic acid groups (broad SMARTS) is 1. The number of amides is 3. The maximum atomic E-state index is 13.7. The molecule has 1 aliphatic heterocycles. The molecule has 1 aliphatic rings. The molecule has 0 saturated carbocycles. The van der Waals surface area contributed by atoms with Crippen molar-refractivity contribution in [1.29, 1.82) is 0 Å². The standard InChI is InChI=1S/C44H81N8O15P/c1-2-3-4-5-6-7-8-9-10-11-12-13-14-19-29-64-30-34(38-37(55)39(43(60)66-38)67-68(61,62)63)65-36(54)25-24-35(53)50-31(21-15-17-26-45)40(56)51-32(23-20-28-49-44(47)48)41(57)52-33(42(58)59)22-16-18-27-46/h31-34,38,55H,2-30,45-46H2,1H3,(H,50,53)(H,51,56)(H,52,57)(H,58,59)(H4,47,48,49)(H2,61,62,63). The highest BCUT2D eigenvalue weighted by molar-refractivity contribution is 7.46. The highest BCUT2D eigenvalue weighted by Gasteiger charge is 2.45. The summed E-state index contributed by atoms with van der Waals surface area (Å²) in [5.41, 5.74) is 22.0. The number of guanidine groups is 1. The maximum Gasteiger partial charge on any atom is 0.525 e. The van der Waals surface area contributed by atoms with Gasteiger partial charge in [-0.2, -0.15) is 0 Å². The molecule has 5 unspecified atom stereocenters. The van der Waals surface area contributed by atoms with Gasteiger partial charge < -0.3 is 67.8 Å². The Morgan fingerprint density at radius 3 is 1.74 bits per heavy atom. The lowest BCUT2D eigenvalue weighted by Crippen LogP contribution is -2.55. The number of nitrogens with two attached hydrogens (primary N) is 4. The van der Waals surface area contributed by atoms with E-state index in [9.17, 15) is 53.3 Å². The van der Waals surface area contributed by atoms with Crippen LogP contribution < -0.4 is 38.9 Å². The number of phosphoric ester groups is 1. The summed E-state index contributed by atoms with van der Waals surface area (Å²) >= 11 is 0. The minimum absolute atomic E-state index is 0.00288. The summed E-state index contributed by atoms with van der Waals surface area (Å²) < 4.78 is 32.0. The first kappa shape index (κ1) is 61.5. The van der Waals surface area contributed by atoms with E-state index in [1.807, 2.05) is 0 Å². The lowest BCUT2D eigenvalue weighted by atomic mass is 10.0. The third kappa shape index (κ3) is 28.7. The third-order valence-electron chi connectivity index (χ3n) is 11.0. The minimum atomic E-state index is -5.31. The van der Waals surface area contributed by atoms with Gasteiger partial charge in [-0.15, -0.1) is 0 Å². The van der Waals surface area contributed by atoms with Crippen molar-refractivity contribution in [3.63, 3.8) is 0 Å². The first-order valence-electron chi connectivity index (χ1n) is 24.2. The van der Waals surface area contributed by atoms with Gasteiger partial charge in [-0.1, -0.05) is 90.4 Å². The van der Waals surface area contributed by atoms with Gasteiger partial charge in [0, 0.05) is 19.6 Å². The summed E-state index contributed by atoms with van der Waals surface area (Å²) in [5, 5.41) is 28.0. The molecule has 0 fully saturated rings. The molecule has 68 heavy (non-hydrogen) atoms. The smallest absolute Gasteiger partial charge is 0.505 e. The fourth-order valence-corrected chi connectivity index (χ4v) is 7.64. The van der Waals surface area contributed by atoms with Crippen molar-refractivity contribution >= 4 is 49.4 Å². The van der Waals surface area contributed by atoms with Crippen molar-refractivity contribution in [1.82, 2.24) is 16.0 Å². The Morgan fingerprint density at radius 1 is 0.721 bits per heavy atom. The molecule has 0 aromatic carbocycles. The number of rotatable bonds is 42. The molecule has 0 aromatic heterocycles. The maximum absolute atomic E-state index is 13.7. The van der Waals surface area contributed by atoms with Gasteiger partial charge in [-0.25, -0.2) is 14.2 Å². The van der Waals surface area contributed by atoms with E-state index >= 15 is 0 Å². The molecule has 1 heterocycles. The summed E-state index contributed by atoms with van der Waals surface area (Å²) in [6, 6.07) is -3.74. The number of phosphoric acid groups is 1. The molecule has 1 rings (SSSR count). The zero-order chi connectivity index (χ0) is 50.7. The number of esters is 2. The number of nitrogens with one attached hydrogen (secondary N) is 3. The van der Waals surface area contributed by atoms with Crippen LogP contribution in [0.2, 0.25) is 0 Å². The van der Waals surface area contributed by atoms with Crippen molar-refractivity contribution in [2.24, 2.45) is 27.9 Å². The van der Waals surface area contributed by atoms with Gasteiger partial charge in [-0.05, 0) is 70.9 Å². The van der Waals surface area contributed by atoms with Crippen LogP contribution in [0.1, 0.15) is 161 Å². The number of ether oxygens (including phenoxy) is 3. The molecule has 0 aliphatic carbocycles. The number of carbonyl (C=O) groups is 6. The van der Waals surface area contributed by atoms with Gasteiger partial charge in [0.05, 0.1) is 13.0 Å². The second-order valence-electron chi connectivity index (χ2n) is 16.9. The SMILES string of the molecule is CCCCCCCCCCCCCCCCOCC(OC(=O)CCC(=O)NC(CCCCN)C(=O)NC(CCCN=C(N)N)C(=O)NC(CCCCN)C(=O)O)C1OC(=O)C(OP(=O)(O)O)=C1O. The molecule has 0 saturated heterocycles. The molecule has 3 amide bonds. The normalized spacial score (nSPS) is 15.4. The molecule has 0 spiro atoms. The Hall–Kier alpha value is -4.54. The van der Waals surface area contributed by atoms with Crippen LogP contribution in [0.3, 0.4) is 0 Å². The van der Waals surface area contributed by atoms with Crippen molar-refractivity contribution in [3.8, 4) is 0 Å². The summed E-state index contributed by atoms with van der Waals surface area (Å²) in [7, 11) is -5.31. The number of carboxylic acids is 1. The van der Waals surface area contributed by atoms with Gasteiger partial charge >= 0.3 is 25.7 Å². The van der Waals surface area contributed by atoms with Crippen molar-refractivity contribution in [3.05, 3.63) is 11.5 Å². The van der Waals surface area contributed by atoms with Crippen LogP contribution in [0.5, 0.6) is 0 Å². The second-order valence-corrected chi connectivity index (χ2v) is 18.1. The average Bonchev–Trinajstić information content (AvgIpc) is 3.55. The average molecular weight is 993 g/mol. The Labute approximate surface area is 400 Å². The predicted octanol–water partition coefficient (Wildman–Crippen LogP) is 2.83. The fraction of sp³-hybridized carbons (Fsp3) is 0.795. The molecule has 15 N–H and O–H groups in total. The van der Waals surface area contributed by atoms with E-state index in [1.165, 1.54) is 57.8 Å². The summed E-state index contributed by atoms with van der Waals surface area (Å²) in [5.74, 6) is -8.42. The Kier molecular flexibility index (Phi) is 32.9. The quantitative estimate of drug-likeness (QED) is 0.0138. The molecule has 0 bridgehead atoms. The molecule has 23 nitrogen and oxygen atoms in total. The molecule has 24 heteroatoms. The van der Waals surface area contributed by atoms with E-state index < -0.39 is 105 Å². The number of unbranched alkanes of at least 4 members (excludes halogenated alkanes) is 15. The monoisotopic (exact) mass is 993 g/mol. The lowest BCUT2D eigenvalue weighted by molar-refractivity contribution is -0.167. The number of hydrogen-bond donors (Lipinski definition) is 11. The van der Waals surface area contributed by atoms with Crippen molar-refractivity contribution < 1.29 is 72.1 Å². The van der Waals surface area contributed by atoms with Gasteiger partial charge in [0.15, 0.2) is 17.8 Å². The molecule has 0 aromatic rings. The number of aliphatic carboxylic acids is 1. The van der Waals surface area contributed by atoms with E-state index in [1.54, 1.807) is 0 Å². The molecular weight excluding hydrogens is 911 g/mol. The number of aliphatic imine (C=N–C) groups is 1. The molecule has 392 valence electrons. The molecule has 5 atom stereocenters. The van der Waals surface area contributed by atoms with E-state index in [0.717, 1.165) is 25.7 Å². The van der Waals surface area contributed by atoms with Crippen LogP contribution in [-0.4, -0.2) is 125 Å². The van der Waals surface area contributed by atoms with E-state index in [-0.39, 0.29) is 51.3 Å². The Bertz CT molecular complexity index is 1630. The number of cyclic esters (lactones) is 1. The zero-order valence-electron chi connectivity index (χ0n) is 39.9. The number of aliphatic hydroxyl groups excluding tert-OH is 1. The first-order valence-corrected chi connectivity index (χ1v) is 25.7.